The maximum Gasteiger partial charge on any atom is 0.250 e. The summed E-state index contributed by atoms with van der Waals surface area (Å²) in [6.45, 7) is 6.67. The smallest absolute Gasteiger partial charge is 0.250 e. The molecule has 0 saturated carbocycles. The Bertz CT molecular complexity index is 660. The lowest BCUT2D eigenvalue weighted by Crippen LogP contribution is -2.39. The van der Waals surface area contributed by atoms with Gasteiger partial charge in [0.05, 0.1) is 0 Å². The minimum atomic E-state index is -1.63. The van der Waals surface area contributed by atoms with E-state index in [1.165, 1.54) is 6.07 Å². The van der Waals surface area contributed by atoms with E-state index >= 15 is 0 Å². The van der Waals surface area contributed by atoms with Crippen molar-refractivity contribution >= 4 is 20.5 Å². The van der Waals surface area contributed by atoms with Crippen molar-refractivity contribution in [3.05, 3.63) is 53.6 Å². The molecule has 0 aliphatic heterocycles. The third kappa shape index (κ3) is 4.65. The summed E-state index contributed by atoms with van der Waals surface area (Å²) in [7, 11) is -1.63. The molecule has 0 heterocycles. The Morgan fingerprint density at radius 3 is 1.79 bits per heavy atom. The number of aromatic hydroxyl groups is 2. The Labute approximate surface area is 145 Å². The summed E-state index contributed by atoms with van der Waals surface area (Å²) in [5.41, 5.74) is 1.80. The average molecular weight is 343 g/mol. The molecule has 0 atom stereocenters. The summed E-state index contributed by atoms with van der Waals surface area (Å²) >= 11 is 0. The van der Waals surface area contributed by atoms with Crippen molar-refractivity contribution in [3.63, 3.8) is 0 Å². The van der Waals surface area contributed by atoms with Gasteiger partial charge in [-0.25, -0.2) is 0 Å². The minimum Gasteiger partial charge on any atom is -0.544 e. The number of hydrogen-bond donors (Lipinski definition) is 2. The summed E-state index contributed by atoms with van der Waals surface area (Å²) in [6.07, 6.45) is 3.81. The van der Waals surface area contributed by atoms with Gasteiger partial charge in [-0.15, -0.1) is 0 Å². The Kier molecular flexibility index (Phi) is 6.09. The summed E-state index contributed by atoms with van der Waals surface area (Å²) < 4.78 is 6.35. The SMILES string of the molecule is CC[Si](CC)(CC)Oc1ccc(/C=C/c2cc(O)cc(O)c2)cc1. The zero-order chi connectivity index (χ0) is 17.6. The molecule has 0 fully saturated rings. The second kappa shape index (κ2) is 8.06. The summed E-state index contributed by atoms with van der Waals surface area (Å²) in [5.74, 6) is 1.05. The first-order chi connectivity index (χ1) is 11.5. The molecular formula is C20H26O3Si. The van der Waals surface area contributed by atoms with Crippen LogP contribution in [0.5, 0.6) is 17.2 Å². The highest BCUT2D eigenvalue weighted by Crippen LogP contribution is 2.26. The fourth-order valence-corrected chi connectivity index (χ4v) is 5.34. The lowest BCUT2D eigenvalue weighted by Gasteiger charge is -2.28. The van der Waals surface area contributed by atoms with E-state index < -0.39 is 8.32 Å². The van der Waals surface area contributed by atoms with Crippen LogP contribution in [0.25, 0.3) is 12.2 Å². The van der Waals surface area contributed by atoms with E-state index in [2.05, 4.69) is 20.8 Å². The van der Waals surface area contributed by atoms with Crippen LogP contribution in [0.3, 0.4) is 0 Å². The lowest BCUT2D eigenvalue weighted by atomic mass is 10.1. The number of phenols is 2. The van der Waals surface area contributed by atoms with Crippen LogP contribution in [0.4, 0.5) is 0 Å². The normalized spacial score (nSPS) is 11.8. The van der Waals surface area contributed by atoms with Crippen LogP contribution in [0, 0.1) is 0 Å². The van der Waals surface area contributed by atoms with Gasteiger partial charge in [0.2, 0.25) is 8.32 Å². The number of benzene rings is 2. The van der Waals surface area contributed by atoms with Crippen molar-refractivity contribution in [1.29, 1.82) is 0 Å². The van der Waals surface area contributed by atoms with E-state index in [0.717, 1.165) is 35.0 Å². The summed E-state index contributed by atoms with van der Waals surface area (Å²) in [4.78, 5) is 0. The van der Waals surface area contributed by atoms with E-state index in [1.54, 1.807) is 12.1 Å². The van der Waals surface area contributed by atoms with Gasteiger partial charge in [-0.3, -0.25) is 0 Å². The first kappa shape index (κ1) is 18.1. The first-order valence-electron chi connectivity index (χ1n) is 8.50. The molecule has 0 aromatic heterocycles. The molecule has 2 N–H and O–H groups in total. The second-order valence-electron chi connectivity index (χ2n) is 6.03. The van der Waals surface area contributed by atoms with E-state index in [-0.39, 0.29) is 11.5 Å². The van der Waals surface area contributed by atoms with E-state index in [9.17, 15) is 10.2 Å². The number of rotatable bonds is 7. The predicted octanol–water partition coefficient (Wildman–Crippen LogP) is 5.65. The largest absolute Gasteiger partial charge is 0.544 e. The lowest BCUT2D eigenvalue weighted by molar-refractivity contribution is 0.450. The van der Waals surface area contributed by atoms with Gasteiger partial charge < -0.3 is 14.6 Å². The maximum atomic E-state index is 9.50. The Balaban J connectivity index is 2.10. The minimum absolute atomic E-state index is 0.0541. The van der Waals surface area contributed by atoms with Gasteiger partial charge in [0.25, 0.3) is 0 Å². The maximum absolute atomic E-state index is 9.50. The molecule has 2 aromatic rings. The van der Waals surface area contributed by atoms with E-state index in [1.807, 2.05) is 36.4 Å². The standard InChI is InChI=1S/C20H26O3Si/c1-4-24(5-2,6-3)23-20-11-9-16(10-12-20)7-8-17-13-18(21)15-19(22)14-17/h7-15,21-22H,4-6H2,1-3H3/b8-7+. The Morgan fingerprint density at radius 1 is 0.792 bits per heavy atom. The van der Waals surface area contributed by atoms with Crippen molar-refractivity contribution in [2.75, 3.05) is 0 Å². The predicted molar refractivity (Wildman–Crippen MR) is 103 cm³/mol. The molecule has 128 valence electrons. The van der Waals surface area contributed by atoms with Gasteiger partial charge in [-0.05, 0) is 53.5 Å². The van der Waals surface area contributed by atoms with Gasteiger partial charge in [0.15, 0.2) is 0 Å². The molecular weight excluding hydrogens is 316 g/mol. The van der Waals surface area contributed by atoms with Crippen molar-refractivity contribution in [2.24, 2.45) is 0 Å². The molecule has 0 unspecified atom stereocenters. The zero-order valence-corrected chi connectivity index (χ0v) is 15.6. The third-order valence-corrected chi connectivity index (χ3v) is 9.08. The molecule has 0 bridgehead atoms. The summed E-state index contributed by atoms with van der Waals surface area (Å²) in [5, 5.41) is 19.0. The molecule has 4 heteroatoms. The Hall–Kier alpha value is -2.20. The van der Waals surface area contributed by atoms with Gasteiger partial charge in [-0.2, -0.15) is 0 Å². The number of phenolic OH excluding ortho intramolecular Hbond substituents is 2. The van der Waals surface area contributed by atoms with Crippen LogP contribution < -0.4 is 4.43 Å². The van der Waals surface area contributed by atoms with Gasteiger partial charge in [-0.1, -0.05) is 45.1 Å². The van der Waals surface area contributed by atoms with Crippen LogP contribution >= 0.6 is 0 Å². The molecule has 0 amide bonds. The Morgan fingerprint density at radius 2 is 1.29 bits per heavy atom. The van der Waals surface area contributed by atoms with Crippen LogP contribution in [0.15, 0.2) is 42.5 Å². The molecule has 3 nitrogen and oxygen atoms in total. The quantitative estimate of drug-likeness (QED) is 0.505. The molecule has 2 aromatic carbocycles. The fraction of sp³-hybridized carbons (Fsp3) is 0.300. The highest BCUT2D eigenvalue weighted by molar-refractivity contribution is 6.74. The molecule has 0 spiro atoms. The average Bonchev–Trinajstić information content (AvgIpc) is 2.58. The third-order valence-electron chi connectivity index (χ3n) is 4.54. The van der Waals surface area contributed by atoms with E-state index in [4.69, 9.17) is 4.43 Å². The van der Waals surface area contributed by atoms with Gasteiger partial charge in [0, 0.05) is 6.07 Å². The van der Waals surface area contributed by atoms with Crippen molar-refractivity contribution in [1.82, 2.24) is 0 Å². The molecule has 0 saturated heterocycles. The molecule has 0 radical (unpaired) electrons. The monoisotopic (exact) mass is 342 g/mol. The first-order valence-corrected chi connectivity index (χ1v) is 11.0. The summed E-state index contributed by atoms with van der Waals surface area (Å²) in [6, 6.07) is 16.0. The fourth-order valence-electron chi connectivity index (χ4n) is 2.77. The highest BCUT2D eigenvalue weighted by atomic mass is 28.4. The topological polar surface area (TPSA) is 49.7 Å². The van der Waals surface area contributed by atoms with Gasteiger partial charge in [0.1, 0.15) is 17.2 Å². The van der Waals surface area contributed by atoms with Crippen LogP contribution in [0.1, 0.15) is 31.9 Å². The molecule has 2 rings (SSSR count). The molecule has 0 aliphatic rings. The van der Waals surface area contributed by atoms with E-state index in [0.29, 0.717) is 0 Å². The second-order valence-corrected chi connectivity index (χ2v) is 10.7. The highest BCUT2D eigenvalue weighted by Gasteiger charge is 2.30. The molecule has 24 heavy (non-hydrogen) atoms. The molecule has 0 aliphatic carbocycles. The van der Waals surface area contributed by atoms with Crippen molar-refractivity contribution < 1.29 is 14.6 Å². The van der Waals surface area contributed by atoms with Gasteiger partial charge >= 0.3 is 0 Å². The zero-order valence-electron chi connectivity index (χ0n) is 14.6. The van der Waals surface area contributed by atoms with Crippen molar-refractivity contribution in [3.8, 4) is 17.2 Å². The van der Waals surface area contributed by atoms with Crippen LogP contribution in [0.2, 0.25) is 18.1 Å². The van der Waals surface area contributed by atoms with Crippen molar-refractivity contribution in [2.45, 2.75) is 38.9 Å². The van der Waals surface area contributed by atoms with Crippen LogP contribution in [-0.2, 0) is 0 Å². The van der Waals surface area contributed by atoms with Crippen LogP contribution in [-0.4, -0.2) is 18.5 Å². The number of hydrogen-bond acceptors (Lipinski definition) is 3.